The second kappa shape index (κ2) is 8.23. The van der Waals surface area contributed by atoms with Gasteiger partial charge in [-0.05, 0) is 20.1 Å². The van der Waals surface area contributed by atoms with E-state index in [1.165, 1.54) is 0 Å². The molecular formula is C9H21N3S. The molecule has 3 nitrogen and oxygen atoms in total. The Balaban J connectivity index is 3.86. The summed E-state index contributed by atoms with van der Waals surface area (Å²) < 4.78 is 0. The Morgan fingerprint density at radius 1 is 1.31 bits per heavy atom. The van der Waals surface area contributed by atoms with Gasteiger partial charge in [0.15, 0.2) is 5.96 Å². The maximum atomic E-state index is 4.45. The van der Waals surface area contributed by atoms with Crippen LogP contribution in [-0.2, 0) is 0 Å². The Morgan fingerprint density at radius 2 is 1.85 bits per heavy atom. The number of guanidine groups is 1. The minimum absolute atomic E-state index is 0.590. The van der Waals surface area contributed by atoms with Crippen LogP contribution >= 0.6 is 11.8 Å². The van der Waals surface area contributed by atoms with Crippen LogP contribution < -0.4 is 10.6 Å². The quantitative estimate of drug-likeness (QED) is 0.522. The highest BCUT2D eigenvalue weighted by Crippen LogP contribution is 2.04. The molecule has 0 fully saturated rings. The van der Waals surface area contributed by atoms with Gasteiger partial charge in [0.05, 0.1) is 6.54 Å². The lowest BCUT2D eigenvalue weighted by Crippen LogP contribution is -2.37. The highest BCUT2D eigenvalue weighted by molar-refractivity contribution is 7.99. The van der Waals surface area contributed by atoms with Crippen molar-refractivity contribution >= 4 is 17.7 Å². The van der Waals surface area contributed by atoms with Crippen LogP contribution in [0.2, 0.25) is 0 Å². The third-order valence-corrected chi connectivity index (χ3v) is 2.55. The fourth-order valence-corrected chi connectivity index (χ4v) is 1.03. The van der Waals surface area contributed by atoms with Gasteiger partial charge in [0.25, 0.3) is 0 Å². The van der Waals surface area contributed by atoms with Gasteiger partial charge in [0, 0.05) is 18.3 Å². The van der Waals surface area contributed by atoms with Crippen LogP contribution in [0.1, 0.15) is 20.8 Å². The first-order valence-corrected chi connectivity index (χ1v) is 6.08. The fourth-order valence-electron chi connectivity index (χ4n) is 0.804. The zero-order chi connectivity index (χ0) is 10.1. The first-order chi connectivity index (χ1) is 6.24. The molecule has 0 aliphatic rings. The molecule has 0 bridgehead atoms. The second-order valence-electron chi connectivity index (χ2n) is 2.80. The average Bonchev–Trinajstić information content (AvgIpc) is 2.14. The molecule has 2 N–H and O–H groups in total. The lowest BCUT2D eigenvalue weighted by molar-refractivity contribution is 0.831. The van der Waals surface area contributed by atoms with E-state index in [1.807, 2.05) is 11.8 Å². The smallest absolute Gasteiger partial charge is 0.191 e. The minimum atomic E-state index is 0.590. The van der Waals surface area contributed by atoms with E-state index in [4.69, 9.17) is 0 Å². The lowest BCUT2D eigenvalue weighted by Gasteiger charge is -2.10. The van der Waals surface area contributed by atoms with Crippen molar-refractivity contribution in [3.05, 3.63) is 0 Å². The van der Waals surface area contributed by atoms with E-state index >= 15 is 0 Å². The predicted molar refractivity (Wildman–Crippen MR) is 62.6 cm³/mol. The zero-order valence-corrected chi connectivity index (χ0v) is 9.87. The number of rotatable bonds is 5. The molecule has 1 unspecified atom stereocenters. The molecule has 4 heteroatoms. The lowest BCUT2D eigenvalue weighted by atomic mass is 10.5. The van der Waals surface area contributed by atoms with E-state index < -0.39 is 0 Å². The molecule has 0 amide bonds. The van der Waals surface area contributed by atoms with Crippen molar-refractivity contribution in [1.29, 1.82) is 0 Å². The van der Waals surface area contributed by atoms with Crippen molar-refractivity contribution in [3.63, 3.8) is 0 Å². The highest BCUT2D eigenvalue weighted by Gasteiger charge is 1.98. The van der Waals surface area contributed by atoms with Gasteiger partial charge in [-0.25, -0.2) is 0 Å². The van der Waals surface area contributed by atoms with Crippen molar-refractivity contribution in [3.8, 4) is 0 Å². The van der Waals surface area contributed by atoms with E-state index in [0.717, 1.165) is 25.6 Å². The third-order valence-electron chi connectivity index (χ3n) is 1.60. The molecule has 0 spiro atoms. The summed E-state index contributed by atoms with van der Waals surface area (Å²) in [5, 5.41) is 6.98. The molecule has 13 heavy (non-hydrogen) atoms. The zero-order valence-electron chi connectivity index (χ0n) is 9.05. The Bertz CT molecular complexity index is 140. The van der Waals surface area contributed by atoms with Crippen molar-refractivity contribution in [2.75, 3.05) is 25.9 Å². The maximum absolute atomic E-state index is 4.45. The predicted octanol–water partition coefficient (Wildman–Crippen LogP) is 1.31. The van der Waals surface area contributed by atoms with Crippen LogP contribution in [0.4, 0.5) is 0 Å². The monoisotopic (exact) mass is 203 g/mol. The van der Waals surface area contributed by atoms with Gasteiger partial charge in [-0.3, -0.25) is 4.99 Å². The molecule has 0 heterocycles. The average molecular weight is 203 g/mol. The topological polar surface area (TPSA) is 36.4 Å². The van der Waals surface area contributed by atoms with Crippen LogP contribution in [0, 0.1) is 0 Å². The minimum Gasteiger partial charge on any atom is -0.357 e. The van der Waals surface area contributed by atoms with E-state index in [9.17, 15) is 0 Å². The number of hydrogen-bond donors (Lipinski definition) is 2. The van der Waals surface area contributed by atoms with E-state index in [-0.39, 0.29) is 0 Å². The van der Waals surface area contributed by atoms with Crippen LogP contribution in [-0.4, -0.2) is 37.1 Å². The standard InChI is InChI=1S/C9H21N3S/c1-5-10-9(11-6-2)12-7-8(3)13-4/h8H,5-7H2,1-4H3,(H2,10,11,12). The second-order valence-corrected chi connectivity index (χ2v) is 4.07. The molecular weight excluding hydrogens is 182 g/mol. The first-order valence-electron chi connectivity index (χ1n) is 4.79. The summed E-state index contributed by atoms with van der Waals surface area (Å²) in [4.78, 5) is 4.45. The number of nitrogens with zero attached hydrogens (tertiary/aromatic N) is 1. The number of nitrogens with one attached hydrogen (secondary N) is 2. The molecule has 0 aromatic carbocycles. The van der Waals surface area contributed by atoms with Gasteiger partial charge in [0.2, 0.25) is 0 Å². The molecule has 0 saturated carbocycles. The highest BCUT2D eigenvalue weighted by atomic mass is 32.2. The first kappa shape index (κ1) is 12.6. The maximum Gasteiger partial charge on any atom is 0.191 e. The SMILES string of the molecule is CCNC(=NCC(C)SC)NCC. The molecule has 0 aliphatic carbocycles. The van der Waals surface area contributed by atoms with Crippen molar-refractivity contribution < 1.29 is 0 Å². The molecule has 0 radical (unpaired) electrons. The van der Waals surface area contributed by atoms with Crippen LogP contribution in [0.15, 0.2) is 4.99 Å². The molecule has 0 rings (SSSR count). The molecule has 1 atom stereocenters. The van der Waals surface area contributed by atoms with Crippen LogP contribution in [0.25, 0.3) is 0 Å². The van der Waals surface area contributed by atoms with Gasteiger partial charge >= 0.3 is 0 Å². The van der Waals surface area contributed by atoms with E-state index in [0.29, 0.717) is 5.25 Å². The fraction of sp³-hybridized carbons (Fsp3) is 0.889. The molecule has 0 aromatic heterocycles. The summed E-state index contributed by atoms with van der Waals surface area (Å²) >= 11 is 1.84. The summed E-state index contributed by atoms with van der Waals surface area (Å²) in [7, 11) is 0. The van der Waals surface area contributed by atoms with Crippen molar-refractivity contribution in [1.82, 2.24) is 10.6 Å². The van der Waals surface area contributed by atoms with E-state index in [1.54, 1.807) is 0 Å². The van der Waals surface area contributed by atoms with Crippen LogP contribution in [0.3, 0.4) is 0 Å². The summed E-state index contributed by atoms with van der Waals surface area (Å²) in [5.41, 5.74) is 0. The van der Waals surface area contributed by atoms with Crippen LogP contribution in [0.5, 0.6) is 0 Å². The number of aliphatic imine (C=N–C) groups is 1. The van der Waals surface area contributed by atoms with E-state index in [2.05, 4.69) is 42.7 Å². The van der Waals surface area contributed by atoms with Crippen molar-refractivity contribution in [2.45, 2.75) is 26.0 Å². The third kappa shape index (κ3) is 6.75. The van der Waals surface area contributed by atoms with Crippen molar-refractivity contribution in [2.24, 2.45) is 4.99 Å². The molecule has 0 aromatic rings. The Morgan fingerprint density at radius 3 is 2.23 bits per heavy atom. The summed E-state index contributed by atoms with van der Waals surface area (Å²) in [6, 6.07) is 0. The van der Waals surface area contributed by atoms with Gasteiger partial charge in [-0.15, -0.1) is 0 Å². The molecule has 0 aliphatic heterocycles. The summed E-state index contributed by atoms with van der Waals surface area (Å²) in [5.74, 6) is 0.922. The molecule has 0 saturated heterocycles. The van der Waals surface area contributed by atoms with Gasteiger partial charge < -0.3 is 10.6 Å². The molecule has 78 valence electrons. The van der Waals surface area contributed by atoms with Gasteiger partial charge in [-0.2, -0.15) is 11.8 Å². The Hall–Kier alpha value is -0.380. The normalized spacial score (nSPS) is 12.0. The number of hydrogen-bond acceptors (Lipinski definition) is 2. The Kier molecular flexibility index (Phi) is 7.99. The largest absolute Gasteiger partial charge is 0.357 e. The summed E-state index contributed by atoms with van der Waals surface area (Å²) in [6.45, 7) is 9.04. The summed E-state index contributed by atoms with van der Waals surface area (Å²) in [6.07, 6.45) is 2.11. The van der Waals surface area contributed by atoms with Gasteiger partial charge in [0.1, 0.15) is 0 Å². The Labute approximate surface area is 85.8 Å². The van der Waals surface area contributed by atoms with Gasteiger partial charge in [-0.1, -0.05) is 6.92 Å². The number of thioether (sulfide) groups is 1.